The monoisotopic (exact) mass is 682 g/mol. The minimum Gasteiger partial charge on any atom is -0.463 e. The van der Waals surface area contributed by atoms with Crippen molar-refractivity contribution in [1.29, 1.82) is 0 Å². The largest absolute Gasteiger partial charge is 0.463 e. The molecule has 0 heterocycles. The summed E-state index contributed by atoms with van der Waals surface area (Å²) >= 11 is 2.00. The molecule has 0 aliphatic carbocycles. The van der Waals surface area contributed by atoms with E-state index in [0.717, 1.165) is 28.9 Å². The lowest BCUT2D eigenvalue weighted by atomic mass is 10.4. The van der Waals surface area contributed by atoms with Gasteiger partial charge in [-0.1, -0.05) is 89.8 Å². The zero-order valence-corrected chi connectivity index (χ0v) is 27.9. The molecule has 38 heavy (non-hydrogen) atoms. The number of ether oxygens (including phenoxy) is 2. The van der Waals surface area contributed by atoms with Crippen LogP contribution in [0.25, 0.3) is 0 Å². The van der Waals surface area contributed by atoms with E-state index in [1.165, 1.54) is 12.2 Å². The van der Waals surface area contributed by atoms with Gasteiger partial charge in [-0.2, -0.15) is 0 Å². The summed E-state index contributed by atoms with van der Waals surface area (Å²) in [5.41, 5.74) is 0. The Morgan fingerprint density at radius 1 is 0.763 bits per heavy atom. The summed E-state index contributed by atoms with van der Waals surface area (Å²) in [5.74, 6) is -0.735. The van der Waals surface area contributed by atoms with Gasteiger partial charge in [-0.15, -0.1) is 0 Å². The van der Waals surface area contributed by atoms with Gasteiger partial charge < -0.3 is 17.7 Å². The third-order valence-corrected chi connectivity index (χ3v) is 18.2. The molecule has 0 N–H and O–H groups in total. The Kier molecular flexibility index (Phi) is 13.4. The molecule has 2 rings (SSSR count). The van der Waals surface area contributed by atoms with Gasteiger partial charge in [0.15, 0.2) is 16.6 Å². The first kappa shape index (κ1) is 32.4. The van der Waals surface area contributed by atoms with E-state index in [-0.39, 0.29) is 5.97 Å². The number of rotatable bonds is 16. The number of hydrogen-bond acceptors (Lipinski definition) is 6. The van der Waals surface area contributed by atoms with Gasteiger partial charge >= 0.3 is 20.5 Å². The molecular weight excluding hydrogens is 643 g/mol. The number of benzene rings is 2. The van der Waals surface area contributed by atoms with Crippen LogP contribution >= 0.6 is 22.6 Å². The fourth-order valence-electron chi connectivity index (χ4n) is 4.12. The van der Waals surface area contributed by atoms with Crippen LogP contribution in [0.2, 0.25) is 38.3 Å². The van der Waals surface area contributed by atoms with Gasteiger partial charge in [-0.25, -0.2) is 9.59 Å². The van der Waals surface area contributed by atoms with Crippen LogP contribution < -0.4 is 10.4 Å². The van der Waals surface area contributed by atoms with Gasteiger partial charge in [0.05, 0.1) is 13.2 Å². The first-order valence-corrected chi connectivity index (χ1v) is 22.1. The molecule has 0 aliphatic rings. The van der Waals surface area contributed by atoms with E-state index in [1.54, 1.807) is 4.08 Å². The molecule has 0 saturated carbocycles. The Hall–Kier alpha value is -1.84. The molecule has 0 unspecified atom stereocenters. The van der Waals surface area contributed by atoms with Crippen LogP contribution in [0, 0.1) is 0 Å². The van der Waals surface area contributed by atoms with Crippen LogP contribution in [-0.2, 0) is 27.3 Å². The van der Waals surface area contributed by atoms with Gasteiger partial charge in [0.1, 0.15) is 0 Å². The highest BCUT2D eigenvalue weighted by Gasteiger charge is 2.50. The second-order valence-corrected chi connectivity index (χ2v) is 22.9. The average molecular weight is 683 g/mol. The highest BCUT2D eigenvalue weighted by molar-refractivity contribution is 14.1. The fraction of sp³-hybridized carbons (Fsp3) is 0.357. The van der Waals surface area contributed by atoms with E-state index in [1.807, 2.05) is 59.0 Å². The van der Waals surface area contributed by atoms with Crippen molar-refractivity contribution in [1.82, 2.24) is 0 Å². The van der Waals surface area contributed by atoms with Crippen LogP contribution in [0.4, 0.5) is 0 Å². The zero-order valence-electron chi connectivity index (χ0n) is 22.8. The Balaban J connectivity index is 2.35. The van der Waals surface area contributed by atoms with Crippen molar-refractivity contribution in [3.05, 3.63) is 83.5 Å². The van der Waals surface area contributed by atoms with Crippen LogP contribution in [0.5, 0.6) is 0 Å². The van der Waals surface area contributed by atoms with Crippen molar-refractivity contribution >= 4 is 70.1 Å². The molecule has 2 aromatic rings. The molecule has 0 aliphatic heterocycles. The zero-order chi connectivity index (χ0) is 28.1. The number of esters is 2. The van der Waals surface area contributed by atoms with Crippen molar-refractivity contribution < 1.29 is 27.3 Å². The third kappa shape index (κ3) is 10.7. The third-order valence-electron chi connectivity index (χ3n) is 5.85. The lowest BCUT2D eigenvalue weighted by molar-refractivity contribution is -0.138. The standard InChI is InChI=1S/C28H39IO6Si3/c1-6-27(30)32-21-13-23-36(2,3)34-38(25-15-9-7-10-16-25,26-17-11-8-12-18-26)35-37(4,5)24-14-22-33-28(31)19-20-29/h6-12,15-20H,1,13-14,21-24H2,2-5H3/b20-19+. The van der Waals surface area contributed by atoms with E-state index < -0.39 is 31.2 Å². The van der Waals surface area contributed by atoms with Gasteiger partial charge in [0.25, 0.3) is 0 Å². The van der Waals surface area contributed by atoms with Crippen molar-refractivity contribution in [2.75, 3.05) is 13.2 Å². The predicted octanol–water partition coefficient (Wildman–Crippen LogP) is 5.69. The second kappa shape index (κ2) is 15.7. The topological polar surface area (TPSA) is 71.1 Å². The van der Waals surface area contributed by atoms with Gasteiger partial charge in [-0.3, -0.25) is 0 Å². The van der Waals surface area contributed by atoms with E-state index >= 15 is 0 Å². The van der Waals surface area contributed by atoms with Gasteiger partial charge in [0, 0.05) is 12.2 Å². The Morgan fingerprint density at radius 3 is 1.58 bits per heavy atom. The molecule has 2 aromatic carbocycles. The number of hydrogen-bond donors (Lipinski definition) is 0. The second-order valence-electron chi connectivity index (χ2n) is 10.1. The lowest BCUT2D eigenvalue weighted by Crippen LogP contribution is -2.70. The van der Waals surface area contributed by atoms with E-state index in [4.69, 9.17) is 17.7 Å². The summed E-state index contributed by atoms with van der Waals surface area (Å²) in [6.45, 7) is 13.0. The van der Waals surface area contributed by atoms with Gasteiger partial charge in [0.2, 0.25) is 0 Å². The number of halogens is 1. The molecule has 0 bridgehead atoms. The fourth-order valence-corrected chi connectivity index (χ4v) is 17.5. The average Bonchev–Trinajstić information content (AvgIpc) is 2.89. The van der Waals surface area contributed by atoms with Crippen molar-refractivity contribution in [3.8, 4) is 0 Å². The SMILES string of the molecule is C=CC(=O)OCCC[Si](C)(C)O[Si](O[Si](C)(C)CCCOC(=O)/C=C/I)(c1ccccc1)c1ccccc1. The molecule has 0 aromatic heterocycles. The maximum atomic E-state index is 11.7. The molecule has 0 amide bonds. The Bertz CT molecular complexity index is 1020. The summed E-state index contributed by atoms with van der Waals surface area (Å²) in [4.78, 5) is 23.2. The lowest BCUT2D eigenvalue weighted by Gasteiger charge is -2.43. The normalized spacial score (nSPS) is 12.3. The minimum atomic E-state index is -3.12. The summed E-state index contributed by atoms with van der Waals surface area (Å²) < 4.78 is 26.7. The smallest absolute Gasteiger partial charge is 0.386 e. The van der Waals surface area contributed by atoms with Crippen LogP contribution in [0.15, 0.2) is 83.5 Å². The maximum Gasteiger partial charge on any atom is 0.386 e. The Morgan fingerprint density at radius 2 is 1.18 bits per heavy atom. The molecule has 6 nitrogen and oxygen atoms in total. The van der Waals surface area contributed by atoms with E-state index in [9.17, 15) is 9.59 Å². The van der Waals surface area contributed by atoms with Crippen LogP contribution in [0.1, 0.15) is 12.8 Å². The molecule has 0 fully saturated rings. The van der Waals surface area contributed by atoms with Gasteiger partial charge in [-0.05, 0) is 65.6 Å². The predicted molar refractivity (Wildman–Crippen MR) is 169 cm³/mol. The molecule has 0 saturated heterocycles. The molecule has 0 spiro atoms. The summed E-state index contributed by atoms with van der Waals surface area (Å²) in [7, 11) is -7.69. The van der Waals surface area contributed by atoms with Crippen molar-refractivity contribution in [2.45, 2.75) is 51.1 Å². The summed E-state index contributed by atoms with van der Waals surface area (Å²) in [6.07, 6.45) is 4.04. The molecule has 0 radical (unpaired) electrons. The molecular formula is C28H39IO6Si3. The Labute approximate surface area is 244 Å². The quantitative estimate of drug-likeness (QED) is 0.0746. The summed E-state index contributed by atoms with van der Waals surface area (Å²) in [5, 5.41) is 2.15. The van der Waals surface area contributed by atoms with E-state index in [2.05, 4.69) is 57.0 Å². The first-order valence-electron chi connectivity index (χ1n) is 12.8. The van der Waals surface area contributed by atoms with Crippen molar-refractivity contribution in [2.24, 2.45) is 0 Å². The first-order chi connectivity index (χ1) is 18.0. The van der Waals surface area contributed by atoms with Crippen LogP contribution in [0.3, 0.4) is 0 Å². The highest BCUT2D eigenvalue weighted by Crippen LogP contribution is 2.27. The molecule has 10 heteroatoms. The summed E-state index contributed by atoms with van der Waals surface area (Å²) in [6, 6.07) is 22.2. The minimum absolute atomic E-state index is 0.327. The van der Waals surface area contributed by atoms with Crippen LogP contribution in [-0.4, -0.2) is 50.3 Å². The number of carbonyl (C=O) groups excluding carboxylic acids is 2. The molecule has 0 atom stereocenters. The van der Waals surface area contributed by atoms with E-state index in [0.29, 0.717) is 19.6 Å². The maximum absolute atomic E-state index is 11.7. The number of carbonyl (C=O) groups is 2. The molecule has 206 valence electrons. The van der Waals surface area contributed by atoms with Crippen molar-refractivity contribution in [3.63, 3.8) is 0 Å². The highest BCUT2D eigenvalue weighted by atomic mass is 127.